The molecule has 2 aliphatic rings. The van der Waals surface area contributed by atoms with Crippen LogP contribution in [0.3, 0.4) is 0 Å². The van der Waals surface area contributed by atoms with Crippen LogP contribution in [0.15, 0.2) is 53.4 Å². The first-order valence-electron chi connectivity index (χ1n) is 10.3. The number of rotatable bonds is 7. The number of carbonyl (C=O) groups is 2. The van der Waals surface area contributed by atoms with E-state index in [4.69, 9.17) is 4.74 Å². The highest BCUT2D eigenvalue weighted by Crippen LogP contribution is 2.58. The van der Waals surface area contributed by atoms with E-state index in [9.17, 15) is 23.8 Å². The third-order valence-electron chi connectivity index (χ3n) is 5.68. The molecule has 3 N–H and O–H groups in total. The topological polar surface area (TPSA) is 111 Å². The minimum atomic E-state index is -3.33. The van der Waals surface area contributed by atoms with E-state index in [0.717, 1.165) is 28.5 Å². The summed E-state index contributed by atoms with van der Waals surface area (Å²) in [5.41, 5.74) is 1.44. The highest BCUT2D eigenvalue weighted by atomic mass is 32.3. The Labute approximate surface area is 182 Å². The fourth-order valence-corrected chi connectivity index (χ4v) is 5.72. The summed E-state index contributed by atoms with van der Waals surface area (Å²) in [6, 6.07) is 14.3. The fourth-order valence-electron chi connectivity index (χ4n) is 4.06. The largest absolute Gasteiger partial charge is 0.488 e. The van der Waals surface area contributed by atoms with Crippen molar-refractivity contribution in [1.82, 2.24) is 9.21 Å². The van der Waals surface area contributed by atoms with Gasteiger partial charge in [-0.15, -0.1) is 0 Å². The Balaban J connectivity index is 1.29. The third kappa shape index (κ3) is 4.34. The molecule has 2 amide bonds. The number of ether oxygens (including phenoxy) is 1. The van der Waals surface area contributed by atoms with Gasteiger partial charge in [0.25, 0.3) is 5.91 Å². The van der Waals surface area contributed by atoms with E-state index in [0.29, 0.717) is 18.4 Å². The van der Waals surface area contributed by atoms with Gasteiger partial charge in [0.15, 0.2) is 0 Å². The van der Waals surface area contributed by atoms with Crippen LogP contribution in [0, 0.1) is 0 Å². The molecule has 0 bridgehead atoms. The van der Waals surface area contributed by atoms with Gasteiger partial charge in [-0.25, -0.2) is 9.10 Å². The van der Waals surface area contributed by atoms with Crippen molar-refractivity contribution in [3.8, 4) is 5.75 Å². The normalized spacial score (nSPS) is 19.9. The summed E-state index contributed by atoms with van der Waals surface area (Å²) in [6.45, 7) is 0.703. The molecular formula is C22H26N2O6S. The Morgan fingerprint density at radius 2 is 1.87 bits per heavy atom. The van der Waals surface area contributed by atoms with Crippen LogP contribution in [0.5, 0.6) is 5.75 Å². The highest BCUT2D eigenvalue weighted by molar-refractivity contribution is 8.23. The van der Waals surface area contributed by atoms with Crippen molar-refractivity contribution >= 4 is 22.8 Å². The second kappa shape index (κ2) is 8.78. The number of nitrogens with zero attached hydrogens (tertiary/aromatic N) is 2. The Morgan fingerprint density at radius 1 is 1.13 bits per heavy atom. The number of carbonyl (C=O) groups excluding carboxylic acids is 1. The molecule has 2 aromatic carbocycles. The highest BCUT2D eigenvalue weighted by Gasteiger charge is 2.40. The van der Waals surface area contributed by atoms with Crippen molar-refractivity contribution in [3.05, 3.63) is 59.7 Å². The Bertz CT molecular complexity index is 982. The summed E-state index contributed by atoms with van der Waals surface area (Å²) >= 11 is 0. The number of aryl methyl sites for hydroxylation is 1. The first-order chi connectivity index (χ1) is 14.9. The lowest BCUT2D eigenvalue weighted by Gasteiger charge is -2.37. The number of unbranched alkanes of at least 4 members (excludes halogenated alkanes) is 1. The molecule has 0 aromatic heterocycles. The summed E-state index contributed by atoms with van der Waals surface area (Å²) in [5, 5.41) is 9.58. The van der Waals surface area contributed by atoms with Crippen molar-refractivity contribution in [3.63, 3.8) is 0 Å². The van der Waals surface area contributed by atoms with E-state index in [1.54, 1.807) is 24.3 Å². The van der Waals surface area contributed by atoms with Crippen molar-refractivity contribution in [2.75, 3.05) is 19.6 Å². The molecular weight excluding hydrogens is 420 g/mol. The maximum absolute atomic E-state index is 12.5. The minimum Gasteiger partial charge on any atom is -0.488 e. The van der Waals surface area contributed by atoms with E-state index >= 15 is 0 Å². The molecule has 0 spiro atoms. The van der Waals surface area contributed by atoms with E-state index in [2.05, 4.69) is 0 Å². The monoisotopic (exact) mass is 446 g/mol. The average molecular weight is 447 g/mol. The second-order valence-electron chi connectivity index (χ2n) is 7.74. The lowest BCUT2D eigenvalue weighted by Crippen LogP contribution is -2.41. The zero-order chi connectivity index (χ0) is 22.0. The fraction of sp³-hybridized carbons (Fsp3) is 0.364. The summed E-state index contributed by atoms with van der Waals surface area (Å²) in [5.74, 6) is 0.404. The van der Waals surface area contributed by atoms with Gasteiger partial charge in [0.1, 0.15) is 11.9 Å². The third-order valence-corrected chi connectivity index (χ3v) is 7.59. The van der Waals surface area contributed by atoms with Crippen molar-refractivity contribution in [1.29, 1.82) is 0 Å². The zero-order valence-electron chi connectivity index (χ0n) is 17.0. The number of amides is 2. The summed E-state index contributed by atoms with van der Waals surface area (Å²) in [7, 11) is -3.33. The number of hydrogen-bond acceptors (Lipinski definition) is 5. The average Bonchev–Trinajstić information content (AvgIpc) is 2.96. The SMILES string of the molecule is O=C(O)N(CCCCN1C(=O)c2ccccc2S1(O)O)CC1CCc2ccccc2O1. The summed E-state index contributed by atoms with van der Waals surface area (Å²) in [4.78, 5) is 25.8. The molecule has 31 heavy (non-hydrogen) atoms. The Kier molecular flexibility index (Phi) is 6.08. The molecule has 0 saturated heterocycles. The van der Waals surface area contributed by atoms with Gasteiger partial charge in [0.2, 0.25) is 0 Å². The van der Waals surface area contributed by atoms with E-state index in [-0.39, 0.29) is 30.6 Å². The Hall–Kier alpha value is -2.75. The predicted octanol–water partition coefficient (Wildman–Crippen LogP) is 4.32. The molecule has 0 aliphatic carbocycles. The molecule has 8 nitrogen and oxygen atoms in total. The first kappa shape index (κ1) is 21.5. The van der Waals surface area contributed by atoms with Crippen molar-refractivity contribution < 1.29 is 28.5 Å². The van der Waals surface area contributed by atoms with Crippen molar-refractivity contribution in [2.24, 2.45) is 0 Å². The molecule has 166 valence electrons. The smallest absolute Gasteiger partial charge is 0.407 e. The van der Waals surface area contributed by atoms with Crippen LogP contribution in [0.1, 0.15) is 35.2 Å². The molecule has 0 fully saturated rings. The van der Waals surface area contributed by atoms with Crippen LogP contribution in [-0.2, 0) is 6.42 Å². The van der Waals surface area contributed by atoms with Crippen LogP contribution >= 0.6 is 10.8 Å². The van der Waals surface area contributed by atoms with Crippen molar-refractivity contribution in [2.45, 2.75) is 36.7 Å². The molecule has 0 saturated carbocycles. The van der Waals surface area contributed by atoms with E-state index in [1.165, 1.54) is 4.90 Å². The zero-order valence-corrected chi connectivity index (χ0v) is 17.8. The number of carboxylic acid groups (broad SMARTS) is 1. The van der Waals surface area contributed by atoms with Gasteiger partial charge in [0.05, 0.1) is 17.0 Å². The molecule has 0 radical (unpaired) electrons. The van der Waals surface area contributed by atoms with Crippen LogP contribution in [-0.4, -0.2) is 61.2 Å². The lowest BCUT2D eigenvalue weighted by molar-refractivity contribution is 0.0852. The van der Waals surface area contributed by atoms with Crippen LogP contribution in [0.4, 0.5) is 4.79 Å². The Morgan fingerprint density at radius 3 is 2.65 bits per heavy atom. The summed E-state index contributed by atoms with van der Waals surface area (Å²) in [6.07, 6.45) is 1.33. The maximum Gasteiger partial charge on any atom is 0.407 e. The van der Waals surface area contributed by atoms with Gasteiger partial charge in [-0.2, -0.15) is 0 Å². The lowest BCUT2D eigenvalue weighted by atomic mass is 10.0. The molecule has 4 rings (SSSR count). The summed E-state index contributed by atoms with van der Waals surface area (Å²) < 4.78 is 28.0. The second-order valence-corrected chi connectivity index (χ2v) is 9.66. The quantitative estimate of drug-likeness (QED) is 0.546. The number of hydrogen-bond donors (Lipinski definition) is 3. The van der Waals surface area contributed by atoms with Gasteiger partial charge in [-0.1, -0.05) is 41.1 Å². The molecule has 2 heterocycles. The van der Waals surface area contributed by atoms with Crippen LogP contribution < -0.4 is 4.74 Å². The minimum absolute atomic E-state index is 0.149. The maximum atomic E-state index is 12.5. The number of para-hydroxylation sites is 1. The number of benzene rings is 2. The molecule has 2 aliphatic heterocycles. The van der Waals surface area contributed by atoms with Gasteiger partial charge >= 0.3 is 6.09 Å². The van der Waals surface area contributed by atoms with Crippen LogP contribution in [0.2, 0.25) is 0 Å². The standard InChI is InChI=1S/C22H26N2O6S/c25-21-18-8-2-4-10-20(18)31(28,29)24(21)14-6-5-13-23(22(26)27)15-17-12-11-16-7-1-3-9-19(16)30-17/h1-4,7-10,17,28-29H,5-6,11-15H2,(H,26,27). The molecule has 9 heteroatoms. The van der Waals surface area contributed by atoms with Gasteiger partial charge in [-0.05, 0) is 49.4 Å². The molecule has 2 aromatic rings. The van der Waals surface area contributed by atoms with Gasteiger partial charge in [0, 0.05) is 13.1 Å². The van der Waals surface area contributed by atoms with Crippen LogP contribution in [0.25, 0.3) is 0 Å². The van der Waals surface area contributed by atoms with Gasteiger partial charge in [-0.3, -0.25) is 13.9 Å². The molecule has 1 atom stereocenters. The van der Waals surface area contributed by atoms with E-state index in [1.807, 2.05) is 24.3 Å². The predicted molar refractivity (Wildman–Crippen MR) is 117 cm³/mol. The first-order valence-corrected chi connectivity index (χ1v) is 11.8. The number of fused-ring (bicyclic) bond motifs is 2. The van der Waals surface area contributed by atoms with Gasteiger partial charge < -0.3 is 14.7 Å². The van der Waals surface area contributed by atoms with E-state index < -0.39 is 22.8 Å². The molecule has 1 unspecified atom stereocenters.